The molecule has 4 heterocycles. The molecule has 2 aromatic rings. The van der Waals surface area contributed by atoms with E-state index >= 15 is 0 Å². The minimum absolute atomic E-state index is 0.107. The first-order valence-corrected chi connectivity index (χ1v) is 12.9. The van der Waals surface area contributed by atoms with Gasteiger partial charge in [0.15, 0.2) is 5.65 Å². The third-order valence-corrected chi connectivity index (χ3v) is 7.80. The normalized spacial score (nSPS) is 21.9. The molecule has 0 spiro atoms. The number of hydrogen-bond acceptors (Lipinski definition) is 7. The van der Waals surface area contributed by atoms with Gasteiger partial charge in [0, 0.05) is 61.5 Å². The molecule has 1 N–H and O–H groups in total. The van der Waals surface area contributed by atoms with Crippen LogP contribution < -0.4 is 5.32 Å². The highest BCUT2D eigenvalue weighted by atomic mass is 32.2. The van der Waals surface area contributed by atoms with Crippen molar-refractivity contribution in [1.29, 1.82) is 0 Å². The minimum atomic E-state index is -3.39. The molecule has 4 rings (SSSR count). The predicted octanol–water partition coefficient (Wildman–Crippen LogP) is 2.21. The lowest BCUT2D eigenvalue weighted by Gasteiger charge is -2.37. The Morgan fingerprint density at radius 2 is 2.06 bits per heavy atom. The Balaban J connectivity index is 1.34. The minimum Gasteiger partial charge on any atom is -0.374 e. The van der Waals surface area contributed by atoms with Crippen LogP contribution in [0.2, 0.25) is 0 Å². The van der Waals surface area contributed by atoms with Crippen LogP contribution in [0.3, 0.4) is 0 Å². The van der Waals surface area contributed by atoms with Crippen molar-refractivity contribution in [1.82, 2.24) is 23.8 Å². The number of nitrogens with one attached hydrogen (secondary N) is 1. The number of aromatic nitrogens is 3. The molecular formula is C22H34N6O3S. The van der Waals surface area contributed by atoms with E-state index in [9.17, 15) is 8.42 Å². The maximum Gasteiger partial charge on any atom is 0.235 e. The first-order valence-electron chi connectivity index (χ1n) is 11.3. The van der Waals surface area contributed by atoms with E-state index in [2.05, 4.69) is 41.8 Å². The van der Waals surface area contributed by atoms with E-state index in [0.717, 1.165) is 60.6 Å². The highest BCUT2D eigenvalue weighted by Crippen LogP contribution is 2.24. The van der Waals surface area contributed by atoms with Gasteiger partial charge in [-0.05, 0) is 25.7 Å². The molecule has 1 unspecified atom stereocenters. The van der Waals surface area contributed by atoms with Crippen molar-refractivity contribution < 1.29 is 13.2 Å². The van der Waals surface area contributed by atoms with Crippen molar-refractivity contribution in [3.05, 3.63) is 35.5 Å². The van der Waals surface area contributed by atoms with Crippen LogP contribution in [-0.2, 0) is 14.8 Å². The lowest BCUT2D eigenvalue weighted by atomic mass is 10.0. The summed E-state index contributed by atoms with van der Waals surface area (Å²) in [5.74, 6) is 1.36. The second-order valence-corrected chi connectivity index (χ2v) is 10.9. The molecule has 9 nitrogen and oxygen atoms in total. The largest absolute Gasteiger partial charge is 0.374 e. The summed E-state index contributed by atoms with van der Waals surface area (Å²) in [4.78, 5) is 7.07. The van der Waals surface area contributed by atoms with Gasteiger partial charge in [0.05, 0.1) is 18.9 Å². The first-order chi connectivity index (χ1) is 15.3. The van der Waals surface area contributed by atoms with Gasteiger partial charge in [0.1, 0.15) is 5.82 Å². The van der Waals surface area contributed by atoms with Gasteiger partial charge in [0.2, 0.25) is 10.0 Å². The molecule has 2 saturated heterocycles. The van der Waals surface area contributed by atoms with E-state index < -0.39 is 10.0 Å². The molecule has 0 saturated carbocycles. The first kappa shape index (κ1) is 23.2. The van der Waals surface area contributed by atoms with Crippen molar-refractivity contribution in [2.45, 2.75) is 51.7 Å². The smallest absolute Gasteiger partial charge is 0.235 e. The third-order valence-electron chi connectivity index (χ3n) is 6.32. The van der Waals surface area contributed by atoms with Crippen LogP contribution in [0.15, 0.2) is 24.3 Å². The lowest BCUT2D eigenvalue weighted by molar-refractivity contribution is -0.0224. The molecule has 0 radical (unpaired) electrons. The average molecular weight is 463 g/mol. The fraction of sp³-hybridized carbons (Fsp3) is 0.636. The molecule has 1 atom stereocenters. The SMILES string of the molecule is C=CS(=O)(=O)N1CCOC(CN2CCC(Nc3cc(C)nc4c(C(C)C)cnn34)CC2)C1. The van der Waals surface area contributed by atoms with Gasteiger partial charge in [-0.25, -0.2) is 13.4 Å². The zero-order chi connectivity index (χ0) is 22.9. The van der Waals surface area contributed by atoms with Crippen LogP contribution >= 0.6 is 0 Å². The van der Waals surface area contributed by atoms with Gasteiger partial charge in [0.25, 0.3) is 0 Å². The summed E-state index contributed by atoms with van der Waals surface area (Å²) in [6, 6.07) is 2.41. The molecule has 32 heavy (non-hydrogen) atoms. The number of ether oxygens (including phenoxy) is 1. The summed E-state index contributed by atoms with van der Waals surface area (Å²) >= 11 is 0. The number of piperidine rings is 1. The highest BCUT2D eigenvalue weighted by Gasteiger charge is 2.30. The molecule has 2 aliphatic heterocycles. The molecule has 2 aromatic heterocycles. The second-order valence-electron chi connectivity index (χ2n) is 9.05. The summed E-state index contributed by atoms with van der Waals surface area (Å²) < 4.78 is 33.4. The summed E-state index contributed by atoms with van der Waals surface area (Å²) in [5.41, 5.74) is 3.06. The van der Waals surface area contributed by atoms with E-state index in [-0.39, 0.29) is 6.10 Å². The zero-order valence-corrected chi connectivity index (χ0v) is 20.0. The van der Waals surface area contributed by atoms with E-state index in [0.29, 0.717) is 31.7 Å². The molecule has 0 bridgehead atoms. The molecule has 0 amide bonds. The highest BCUT2D eigenvalue weighted by molar-refractivity contribution is 7.92. The number of sulfonamides is 1. The van der Waals surface area contributed by atoms with Crippen molar-refractivity contribution in [2.24, 2.45) is 0 Å². The number of likely N-dealkylation sites (tertiary alicyclic amines) is 1. The Hall–Kier alpha value is -2.01. The zero-order valence-electron chi connectivity index (χ0n) is 19.2. The van der Waals surface area contributed by atoms with Gasteiger partial charge < -0.3 is 15.0 Å². The Morgan fingerprint density at radius 3 is 2.75 bits per heavy atom. The summed E-state index contributed by atoms with van der Waals surface area (Å²) in [6.07, 6.45) is 3.81. The van der Waals surface area contributed by atoms with Crippen molar-refractivity contribution in [2.75, 3.05) is 44.6 Å². The maximum atomic E-state index is 12.1. The second kappa shape index (κ2) is 9.46. The lowest BCUT2D eigenvalue weighted by Crippen LogP contribution is -2.50. The predicted molar refractivity (Wildman–Crippen MR) is 125 cm³/mol. The Morgan fingerprint density at radius 1 is 1.31 bits per heavy atom. The van der Waals surface area contributed by atoms with E-state index in [1.165, 1.54) is 4.31 Å². The summed E-state index contributed by atoms with van der Waals surface area (Å²) in [6.45, 7) is 13.6. The Bertz CT molecular complexity index is 1060. The van der Waals surface area contributed by atoms with Crippen LogP contribution in [0.1, 0.15) is 43.9 Å². The molecule has 2 fully saturated rings. The number of morpholine rings is 1. The molecule has 10 heteroatoms. The fourth-order valence-electron chi connectivity index (χ4n) is 4.51. The molecular weight excluding hydrogens is 428 g/mol. The number of anilines is 1. The van der Waals surface area contributed by atoms with Crippen LogP contribution in [-0.4, -0.2) is 83.7 Å². The van der Waals surface area contributed by atoms with Crippen molar-refractivity contribution >= 4 is 21.5 Å². The van der Waals surface area contributed by atoms with Gasteiger partial charge in [-0.3, -0.25) is 0 Å². The number of hydrogen-bond donors (Lipinski definition) is 1. The molecule has 176 valence electrons. The number of fused-ring (bicyclic) bond motifs is 1. The van der Waals surface area contributed by atoms with Gasteiger partial charge in [-0.15, -0.1) is 0 Å². The summed E-state index contributed by atoms with van der Waals surface area (Å²) in [7, 11) is -3.39. The monoisotopic (exact) mass is 462 g/mol. The summed E-state index contributed by atoms with van der Waals surface area (Å²) in [5, 5.41) is 9.28. The molecule has 0 aromatic carbocycles. The average Bonchev–Trinajstić information content (AvgIpc) is 3.19. The number of aryl methyl sites for hydroxylation is 1. The number of nitrogens with zero attached hydrogens (tertiary/aromatic N) is 5. The van der Waals surface area contributed by atoms with E-state index in [1.54, 1.807) is 0 Å². The van der Waals surface area contributed by atoms with Crippen LogP contribution in [0.4, 0.5) is 5.82 Å². The quantitative estimate of drug-likeness (QED) is 0.674. The van der Waals surface area contributed by atoms with Crippen LogP contribution in [0.5, 0.6) is 0 Å². The van der Waals surface area contributed by atoms with Crippen LogP contribution in [0.25, 0.3) is 5.65 Å². The molecule has 0 aliphatic carbocycles. The van der Waals surface area contributed by atoms with Gasteiger partial charge in [-0.2, -0.15) is 13.9 Å². The van der Waals surface area contributed by atoms with Crippen molar-refractivity contribution in [3.63, 3.8) is 0 Å². The third kappa shape index (κ3) is 4.98. The van der Waals surface area contributed by atoms with Crippen molar-refractivity contribution in [3.8, 4) is 0 Å². The van der Waals surface area contributed by atoms with Gasteiger partial charge >= 0.3 is 0 Å². The Labute approximate surface area is 190 Å². The van der Waals surface area contributed by atoms with E-state index in [4.69, 9.17) is 9.72 Å². The standard InChI is InChI=1S/C22H34N6O3S/c1-5-32(29,30)27-10-11-31-19(15-27)14-26-8-6-18(7-9-26)25-21-12-17(4)24-22-20(16(2)3)13-23-28(21)22/h5,12-13,16,18-19,25H,1,6-11,14-15H2,2-4H3. The topological polar surface area (TPSA) is 92.1 Å². The van der Waals surface area contributed by atoms with Gasteiger partial charge in [-0.1, -0.05) is 20.4 Å². The van der Waals surface area contributed by atoms with Crippen LogP contribution in [0, 0.1) is 6.92 Å². The fourth-order valence-corrected chi connectivity index (χ4v) is 5.42. The molecule has 2 aliphatic rings. The maximum absolute atomic E-state index is 12.1. The Kier molecular flexibility index (Phi) is 6.85. The number of rotatable bonds is 7. The van der Waals surface area contributed by atoms with E-state index in [1.807, 2.05) is 17.6 Å².